The fourth-order valence-electron chi connectivity index (χ4n) is 2.60. The van der Waals surface area contributed by atoms with Crippen molar-refractivity contribution in [3.05, 3.63) is 70.6 Å². The molecule has 158 valence electrons. The van der Waals surface area contributed by atoms with Crippen LogP contribution < -0.4 is 4.74 Å². The summed E-state index contributed by atoms with van der Waals surface area (Å²) in [6, 6.07) is 10.1. The van der Waals surface area contributed by atoms with Crippen LogP contribution in [0.5, 0.6) is 5.75 Å². The molecule has 4 aromatic rings. The standard InChI is InChI=1S/C20H13ClF3N5OS/c1-30-15-6-3-12(4-7-15)2-5-14-8-9-25-18-27-19(28-29(14)18)31-17-16(21)10-13(11-26-17)20(22,23)24/h2-11H,1H3/b5-2-. The van der Waals surface area contributed by atoms with E-state index in [1.54, 1.807) is 19.4 Å². The van der Waals surface area contributed by atoms with Gasteiger partial charge in [0.2, 0.25) is 5.16 Å². The number of fused-ring (bicyclic) bond motifs is 1. The van der Waals surface area contributed by atoms with Crippen LogP contribution in [0.2, 0.25) is 5.02 Å². The number of ether oxygens (including phenoxy) is 1. The Morgan fingerprint density at radius 2 is 1.87 bits per heavy atom. The van der Waals surface area contributed by atoms with Crippen LogP contribution in [-0.2, 0) is 6.18 Å². The van der Waals surface area contributed by atoms with E-state index >= 15 is 0 Å². The number of nitrogens with zero attached hydrogens (tertiary/aromatic N) is 5. The molecule has 0 atom stereocenters. The second-order valence-electron chi connectivity index (χ2n) is 6.19. The van der Waals surface area contributed by atoms with Crippen LogP contribution in [0.3, 0.4) is 0 Å². The van der Waals surface area contributed by atoms with Crippen molar-refractivity contribution in [1.82, 2.24) is 24.6 Å². The molecule has 0 amide bonds. The molecule has 0 aliphatic rings. The number of hydrogen-bond acceptors (Lipinski definition) is 6. The number of hydrogen-bond donors (Lipinski definition) is 0. The molecule has 3 heterocycles. The van der Waals surface area contributed by atoms with Gasteiger partial charge in [0.05, 0.1) is 23.4 Å². The fourth-order valence-corrected chi connectivity index (χ4v) is 3.57. The average Bonchev–Trinajstić information content (AvgIpc) is 3.16. The molecular formula is C20H13ClF3N5OS. The third-order valence-corrected chi connectivity index (χ3v) is 5.41. The summed E-state index contributed by atoms with van der Waals surface area (Å²) in [6.45, 7) is 0. The molecule has 31 heavy (non-hydrogen) atoms. The third-order valence-electron chi connectivity index (χ3n) is 4.14. The quantitative estimate of drug-likeness (QED) is 0.388. The number of rotatable bonds is 5. The van der Waals surface area contributed by atoms with Gasteiger partial charge >= 0.3 is 6.18 Å². The summed E-state index contributed by atoms with van der Waals surface area (Å²) in [5.41, 5.74) is 0.755. The Labute approximate surface area is 183 Å². The zero-order valence-electron chi connectivity index (χ0n) is 15.8. The number of alkyl halides is 3. The number of pyridine rings is 1. The Balaban J connectivity index is 1.59. The number of benzene rings is 1. The number of aromatic nitrogens is 5. The van der Waals surface area contributed by atoms with Gasteiger partial charge in [0.1, 0.15) is 10.8 Å². The van der Waals surface area contributed by atoms with Gasteiger partial charge in [0.15, 0.2) is 0 Å². The first kappa shape index (κ1) is 21.1. The van der Waals surface area contributed by atoms with Gasteiger partial charge in [0, 0.05) is 12.4 Å². The lowest BCUT2D eigenvalue weighted by atomic mass is 10.2. The van der Waals surface area contributed by atoms with Crippen molar-refractivity contribution >= 4 is 41.3 Å². The van der Waals surface area contributed by atoms with Gasteiger partial charge in [-0.15, -0.1) is 5.10 Å². The van der Waals surface area contributed by atoms with Crippen molar-refractivity contribution in [2.45, 2.75) is 16.4 Å². The predicted octanol–water partition coefficient (Wildman–Crippen LogP) is 5.52. The van der Waals surface area contributed by atoms with Crippen LogP contribution in [0, 0.1) is 0 Å². The fraction of sp³-hybridized carbons (Fsp3) is 0.100. The van der Waals surface area contributed by atoms with Crippen molar-refractivity contribution in [2.75, 3.05) is 7.11 Å². The summed E-state index contributed by atoms with van der Waals surface area (Å²) >= 11 is 6.93. The summed E-state index contributed by atoms with van der Waals surface area (Å²) in [6.07, 6.45) is 1.55. The summed E-state index contributed by atoms with van der Waals surface area (Å²) in [5.74, 6) is 1.10. The van der Waals surface area contributed by atoms with E-state index in [1.165, 1.54) is 4.52 Å². The van der Waals surface area contributed by atoms with E-state index in [9.17, 15) is 13.2 Å². The smallest absolute Gasteiger partial charge is 0.417 e. The molecule has 6 nitrogen and oxygen atoms in total. The van der Waals surface area contributed by atoms with E-state index in [4.69, 9.17) is 16.3 Å². The van der Waals surface area contributed by atoms with Gasteiger partial charge in [-0.3, -0.25) is 0 Å². The highest BCUT2D eigenvalue weighted by molar-refractivity contribution is 7.99. The molecule has 0 aliphatic heterocycles. The largest absolute Gasteiger partial charge is 0.497 e. The van der Waals surface area contributed by atoms with E-state index in [1.807, 2.05) is 36.4 Å². The zero-order valence-corrected chi connectivity index (χ0v) is 17.4. The van der Waals surface area contributed by atoms with Gasteiger partial charge in [0.25, 0.3) is 5.78 Å². The van der Waals surface area contributed by atoms with Crippen LogP contribution in [0.25, 0.3) is 17.9 Å². The molecule has 11 heteroatoms. The van der Waals surface area contributed by atoms with E-state index in [0.29, 0.717) is 11.5 Å². The number of methoxy groups -OCH3 is 1. The van der Waals surface area contributed by atoms with E-state index < -0.39 is 11.7 Å². The zero-order chi connectivity index (χ0) is 22.0. The molecular weight excluding hydrogens is 451 g/mol. The Morgan fingerprint density at radius 1 is 1.10 bits per heavy atom. The lowest BCUT2D eigenvalue weighted by Crippen LogP contribution is -2.05. The van der Waals surface area contributed by atoms with E-state index in [0.717, 1.165) is 35.3 Å². The van der Waals surface area contributed by atoms with Crippen molar-refractivity contribution in [3.63, 3.8) is 0 Å². The van der Waals surface area contributed by atoms with Crippen molar-refractivity contribution in [1.29, 1.82) is 0 Å². The Bertz CT molecular complexity index is 1260. The van der Waals surface area contributed by atoms with Crippen LogP contribution in [0.4, 0.5) is 13.2 Å². The van der Waals surface area contributed by atoms with Crippen molar-refractivity contribution in [2.24, 2.45) is 0 Å². The minimum atomic E-state index is -4.52. The molecule has 0 saturated heterocycles. The summed E-state index contributed by atoms with van der Waals surface area (Å²) in [5, 5.41) is 4.66. The van der Waals surface area contributed by atoms with Gasteiger partial charge in [-0.2, -0.15) is 22.7 Å². The molecule has 1 aromatic carbocycles. The highest BCUT2D eigenvalue weighted by Gasteiger charge is 2.31. The van der Waals surface area contributed by atoms with Gasteiger partial charge in [-0.1, -0.05) is 29.8 Å². The van der Waals surface area contributed by atoms with Crippen molar-refractivity contribution in [3.8, 4) is 5.75 Å². The lowest BCUT2D eigenvalue weighted by Gasteiger charge is -2.07. The first-order chi connectivity index (χ1) is 14.8. The maximum absolute atomic E-state index is 12.8. The van der Waals surface area contributed by atoms with Crippen LogP contribution in [0.1, 0.15) is 16.8 Å². The van der Waals surface area contributed by atoms with E-state index in [2.05, 4.69) is 20.1 Å². The molecule has 0 radical (unpaired) electrons. The van der Waals surface area contributed by atoms with E-state index in [-0.39, 0.29) is 15.2 Å². The Kier molecular flexibility index (Phi) is 5.84. The maximum Gasteiger partial charge on any atom is 0.417 e. The lowest BCUT2D eigenvalue weighted by molar-refractivity contribution is -0.137. The molecule has 3 aromatic heterocycles. The van der Waals surface area contributed by atoms with Gasteiger partial charge < -0.3 is 4.74 Å². The molecule has 0 N–H and O–H groups in total. The summed E-state index contributed by atoms with van der Waals surface area (Å²) in [4.78, 5) is 12.3. The molecule has 0 bridgehead atoms. The van der Waals surface area contributed by atoms with Crippen LogP contribution >= 0.6 is 23.4 Å². The van der Waals surface area contributed by atoms with Crippen LogP contribution in [-0.4, -0.2) is 31.7 Å². The minimum absolute atomic E-state index is 0.133. The topological polar surface area (TPSA) is 65.2 Å². The molecule has 4 rings (SSSR count). The highest BCUT2D eigenvalue weighted by atomic mass is 35.5. The Morgan fingerprint density at radius 3 is 2.55 bits per heavy atom. The van der Waals surface area contributed by atoms with Gasteiger partial charge in [-0.05, 0) is 47.7 Å². The molecule has 0 aliphatic carbocycles. The van der Waals surface area contributed by atoms with Crippen molar-refractivity contribution < 1.29 is 17.9 Å². The second-order valence-corrected chi connectivity index (χ2v) is 7.56. The first-order valence-electron chi connectivity index (χ1n) is 8.78. The third kappa shape index (κ3) is 4.80. The number of halogens is 4. The Hall–Kier alpha value is -3.11. The van der Waals surface area contributed by atoms with Crippen LogP contribution in [0.15, 0.2) is 59.0 Å². The van der Waals surface area contributed by atoms with Gasteiger partial charge in [-0.25, -0.2) is 9.97 Å². The normalized spacial score (nSPS) is 12.0. The average molecular weight is 464 g/mol. The molecule has 0 saturated carbocycles. The molecule has 0 unspecified atom stereocenters. The SMILES string of the molecule is COc1ccc(/C=C\c2ccnc3nc(Sc4ncc(C(F)(F)F)cc4Cl)nn23)cc1. The molecule has 0 spiro atoms. The minimum Gasteiger partial charge on any atom is -0.497 e. The second kappa shape index (κ2) is 8.56. The summed E-state index contributed by atoms with van der Waals surface area (Å²) in [7, 11) is 1.60. The predicted molar refractivity (Wildman–Crippen MR) is 111 cm³/mol. The summed E-state index contributed by atoms with van der Waals surface area (Å²) < 4.78 is 45.0. The monoisotopic (exact) mass is 463 g/mol. The highest BCUT2D eigenvalue weighted by Crippen LogP contribution is 2.35. The first-order valence-corrected chi connectivity index (χ1v) is 9.97. The molecule has 0 fully saturated rings. The maximum atomic E-state index is 12.8.